The summed E-state index contributed by atoms with van der Waals surface area (Å²) in [7, 11) is 1.77. The van der Waals surface area contributed by atoms with Gasteiger partial charge >= 0.3 is 6.18 Å². The number of hydrogen-bond acceptors (Lipinski definition) is 7. The van der Waals surface area contributed by atoms with Crippen molar-refractivity contribution in [3.63, 3.8) is 0 Å². The summed E-state index contributed by atoms with van der Waals surface area (Å²) in [5.74, 6) is -0.0519. The monoisotopic (exact) mass is 468 g/mol. The number of aromatic nitrogens is 4. The Morgan fingerprint density at radius 1 is 1.03 bits per heavy atom. The van der Waals surface area contributed by atoms with E-state index in [0.717, 1.165) is 34.8 Å². The van der Waals surface area contributed by atoms with Crippen molar-refractivity contribution in [2.75, 3.05) is 17.7 Å². The van der Waals surface area contributed by atoms with E-state index in [2.05, 4.69) is 30.6 Å². The number of aryl methyl sites for hydroxylation is 1. The number of alkyl halides is 3. The molecule has 0 aromatic carbocycles. The maximum Gasteiger partial charge on any atom is 0.418 e. The van der Waals surface area contributed by atoms with Gasteiger partial charge < -0.3 is 15.7 Å². The lowest BCUT2D eigenvalue weighted by atomic mass is 10.0. The second kappa shape index (κ2) is 9.02. The fourth-order valence-electron chi connectivity index (χ4n) is 3.33. The molecular weight excluding hydrogens is 449 g/mol. The Labute approximate surface area is 191 Å². The third kappa shape index (κ3) is 4.79. The zero-order chi connectivity index (χ0) is 24.5. The van der Waals surface area contributed by atoms with Crippen LogP contribution in [0.15, 0.2) is 55.1 Å². The minimum absolute atomic E-state index is 0.276. The summed E-state index contributed by atoms with van der Waals surface area (Å²) in [6.45, 7) is 1.80. The van der Waals surface area contributed by atoms with E-state index >= 15 is 0 Å². The molecule has 4 heterocycles. The first kappa shape index (κ1) is 23.1. The highest BCUT2D eigenvalue weighted by molar-refractivity contribution is 6.03. The van der Waals surface area contributed by atoms with E-state index in [4.69, 9.17) is 0 Å². The summed E-state index contributed by atoms with van der Waals surface area (Å²) in [4.78, 5) is 29.5. The minimum Gasteiger partial charge on any atom is -0.379 e. The van der Waals surface area contributed by atoms with E-state index in [1.165, 1.54) is 6.20 Å². The maximum atomic E-state index is 12.8. The number of amides is 1. The average Bonchev–Trinajstić information content (AvgIpc) is 2.83. The SMILES string of the molecule is CNc1cc2ncc(-c3cc(NC(=O)c4cc([C@H](O)C(F)(F)F)ccn4)cnc3C)cc2cn1. The second-order valence-corrected chi connectivity index (χ2v) is 7.47. The third-order valence-electron chi connectivity index (χ3n) is 5.12. The Hall–Kier alpha value is -4.12. The van der Waals surface area contributed by atoms with Crippen molar-refractivity contribution in [1.82, 2.24) is 19.9 Å². The number of aliphatic hydroxyl groups is 1. The number of rotatable bonds is 5. The van der Waals surface area contributed by atoms with Crippen LogP contribution in [-0.4, -0.2) is 44.2 Å². The standard InChI is InChI=1S/C23H19F3N6O2/c1-12-17(14-5-15-10-31-20(27-2)8-18(15)30-9-14)7-16(11-29-12)32-22(34)19-6-13(3-4-28-19)21(33)23(24,25)26/h3-11,21,33H,1-2H3,(H,27,31)(H,32,34)/t21-/m0/s1. The largest absolute Gasteiger partial charge is 0.418 e. The molecule has 3 N–H and O–H groups in total. The van der Waals surface area contributed by atoms with Gasteiger partial charge in [-0.15, -0.1) is 0 Å². The number of anilines is 2. The van der Waals surface area contributed by atoms with Gasteiger partial charge in [-0.05, 0) is 36.8 Å². The highest BCUT2D eigenvalue weighted by atomic mass is 19.4. The summed E-state index contributed by atoms with van der Waals surface area (Å²) >= 11 is 0. The van der Waals surface area contributed by atoms with Gasteiger partial charge in [0, 0.05) is 53.9 Å². The molecule has 8 nitrogen and oxygen atoms in total. The molecule has 0 radical (unpaired) electrons. The van der Waals surface area contributed by atoms with Crippen LogP contribution in [0.3, 0.4) is 0 Å². The molecule has 0 spiro atoms. The van der Waals surface area contributed by atoms with Crippen molar-refractivity contribution in [2.45, 2.75) is 19.2 Å². The lowest BCUT2D eigenvalue weighted by Gasteiger charge is -2.15. The first-order valence-corrected chi connectivity index (χ1v) is 10.1. The fraction of sp³-hybridized carbons (Fsp3) is 0.174. The molecule has 11 heteroatoms. The highest BCUT2D eigenvalue weighted by Gasteiger charge is 2.39. The van der Waals surface area contributed by atoms with Gasteiger partial charge in [-0.3, -0.25) is 19.7 Å². The minimum atomic E-state index is -4.86. The number of carbonyl (C=O) groups excluding carboxylic acids is 1. The van der Waals surface area contributed by atoms with Crippen LogP contribution in [0.2, 0.25) is 0 Å². The molecular formula is C23H19F3N6O2. The van der Waals surface area contributed by atoms with E-state index in [0.29, 0.717) is 22.8 Å². The Bertz CT molecular complexity index is 1380. The van der Waals surface area contributed by atoms with Crippen LogP contribution < -0.4 is 10.6 Å². The topological polar surface area (TPSA) is 113 Å². The maximum absolute atomic E-state index is 12.8. The Morgan fingerprint density at radius 2 is 1.82 bits per heavy atom. The first-order chi connectivity index (χ1) is 16.2. The van der Waals surface area contributed by atoms with Crippen molar-refractivity contribution >= 4 is 28.3 Å². The number of pyridine rings is 4. The normalized spacial score (nSPS) is 12.4. The molecule has 1 atom stereocenters. The summed E-state index contributed by atoms with van der Waals surface area (Å²) in [6, 6.07) is 7.30. The van der Waals surface area contributed by atoms with Gasteiger partial charge in [0.25, 0.3) is 5.91 Å². The van der Waals surface area contributed by atoms with Crippen LogP contribution in [-0.2, 0) is 0 Å². The Balaban J connectivity index is 1.61. The average molecular weight is 468 g/mol. The van der Waals surface area contributed by atoms with Crippen molar-refractivity contribution in [3.8, 4) is 11.1 Å². The number of halogens is 3. The third-order valence-corrected chi connectivity index (χ3v) is 5.12. The van der Waals surface area contributed by atoms with Gasteiger partial charge in [0.15, 0.2) is 6.10 Å². The molecule has 34 heavy (non-hydrogen) atoms. The molecule has 0 saturated heterocycles. The molecule has 0 fully saturated rings. The van der Waals surface area contributed by atoms with Crippen molar-refractivity contribution in [2.24, 2.45) is 0 Å². The number of nitrogens with one attached hydrogen (secondary N) is 2. The van der Waals surface area contributed by atoms with Crippen molar-refractivity contribution in [3.05, 3.63) is 72.1 Å². The molecule has 0 bridgehead atoms. The molecule has 4 rings (SSSR count). The van der Waals surface area contributed by atoms with E-state index in [1.54, 1.807) is 32.4 Å². The van der Waals surface area contributed by atoms with Crippen LogP contribution in [0.4, 0.5) is 24.7 Å². The zero-order valence-corrected chi connectivity index (χ0v) is 18.1. The molecule has 174 valence electrons. The smallest absolute Gasteiger partial charge is 0.379 e. The van der Waals surface area contributed by atoms with Crippen molar-refractivity contribution in [1.29, 1.82) is 0 Å². The predicted octanol–water partition coefficient (Wildman–Crippen LogP) is 4.28. The summed E-state index contributed by atoms with van der Waals surface area (Å²) < 4.78 is 38.4. The van der Waals surface area contributed by atoms with E-state index in [-0.39, 0.29) is 5.69 Å². The van der Waals surface area contributed by atoms with Crippen LogP contribution >= 0.6 is 0 Å². The molecule has 4 aromatic rings. The van der Waals surface area contributed by atoms with Gasteiger partial charge in [-0.25, -0.2) is 4.98 Å². The van der Waals surface area contributed by atoms with Gasteiger partial charge in [-0.1, -0.05) is 0 Å². The Morgan fingerprint density at radius 3 is 2.56 bits per heavy atom. The van der Waals surface area contributed by atoms with Crippen molar-refractivity contribution < 1.29 is 23.1 Å². The predicted molar refractivity (Wildman–Crippen MR) is 120 cm³/mol. The summed E-state index contributed by atoms with van der Waals surface area (Å²) in [6.07, 6.45) is -1.73. The highest BCUT2D eigenvalue weighted by Crippen LogP contribution is 2.32. The number of fused-ring (bicyclic) bond motifs is 1. The second-order valence-electron chi connectivity index (χ2n) is 7.47. The first-order valence-electron chi connectivity index (χ1n) is 10.1. The van der Waals surface area contributed by atoms with Crippen LogP contribution in [0.5, 0.6) is 0 Å². The van der Waals surface area contributed by atoms with Crippen LogP contribution in [0, 0.1) is 6.92 Å². The van der Waals surface area contributed by atoms with Gasteiger partial charge in [-0.2, -0.15) is 13.2 Å². The molecule has 1 amide bonds. The number of hydrogen-bond donors (Lipinski definition) is 3. The molecule has 0 unspecified atom stereocenters. The lowest BCUT2D eigenvalue weighted by Crippen LogP contribution is -2.21. The van der Waals surface area contributed by atoms with Crippen LogP contribution in [0.25, 0.3) is 22.0 Å². The fourth-order valence-corrected chi connectivity index (χ4v) is 3.33. The van der Waals surface area contributed by atoms with Gasteiger partial charge in [0.1, 0.15) is 11.5 Å². The number of carbonyl (C=O) groups is 1. The number of nitrogens with zero attached hydrogens (tertiary/aromatic N) is 4. The summed E-state index contributed by atoms with van der Waals surface area (Å²) in [5, 5.41) is 15.8. The quantitative estimate of drug-likeness (QED) is 0.401. The number of aliphatic hydroxyl groups excluding tert-OH is 1. The van der Waals surface area contributed by atoms with E-state index in [1.807, 2.05) is 12.1 Å². The molecule has 0 aliphatic rings. The zero-order valence-electron chi connectivity index (χ0n) is 18.1. The molecule has 0 saturated carbocycles. The lowest BCUT2D eigenvalue weighted by molar-refractivity contribution is -0.206. The summed E-state index contributed by atoms with van der Waals surface area (Å²) in [5.41, 5.74) is 2.46. The Kier molecular flexibility index (Phi) is 6.12. The van der Waals surface area contributed by atoms with Crippen LogP contribution in [0.1, 0.15) is 27.8 Å². The van der Waals surface area contributed by atoms with E-state index < -0.39 is 23.8 Å². The molecule has 0 aliphatic carbocycles. The molecule has 0 aliphatic heterocycles. The van der Waals surface area contributed by atoms with Gasteiger partial charge in [0.2, 0.25) is 0 Å². The van der Waals surface area contributed by atoms with Gasteiger partial charge in [0.05, 0.1) is 17.4 Å². The molecule has 4 aromatic heterocycles. The van der Waals surface area contributed by atoms with E-state index in [9.17, 15) is 23.1 Å².